The number of aryl methyl sites for hydroxylation is 1. The van der Waals surface area contributed by atoms with Crippen LogP contribution >= 0.6 is 0 Å². The summed E-state index contributed by atoms with van der Waals surface area (Å²) in [6.45, 7) is 6.12. The predicted molar refractivity (Wildman–Crippen MR) is 121 cm³/mol. The molecule has 0 fully saturated rings. The Morgan fingerprint density at radius 2 is 1.62 bits per heavy atom. The van der Waals surface area contributed by atoms with Gasteiger partial charge < -0.3 is 10.6 Å². The van der Waals surface area contributed by atoms with Crippen LogP contribution in [0.25, 0.3) is 0 Å². The van der Waals surface area contributed by atoms with E-state index in [-0.39, 0.29) is 22.2 Å². The highest BCUT2D eigenvalue weighted by Gasteiger charge is 2.24. The number of hydrogen-bond donors (Lipinski definition) is 2. The molecule has 0 aliphatic heterocycles. The van der Waals surface area contributed by atoms with Gasteiger partial charge in [-0.3, -0.25) is 10.1 Å². The van der Waals surface area contributed by atoms with E-state index in [1.165, 1.54) is 34.9 Å². The second-order valence-corrected chi connectivity index (χ2v) is 8.70. The summed E-state index contributed by atoms with van der Waals surface area (Å²) < 4.78 is 26.6. The monoisotopic (exact) mass is 457 g/mol. The van der Waals surface area contributed by atoms with E-state index in [9.17, 15) is 18.5 Å². The highest BCUT2D eigenvalue weighted by atomic mass is 32.2. The van der Waals surface area contributed by atoms with Crippen LogP contribution in [0.3, 0.4) is 0 Å². The average molecular weight is 458 g/mol. The molecule has 32 heavy (non-hydrogen) atoms. The molecule has 0 saturated heterocycles. The fraction of sp³-hybridized carbons (Fsp3) is 0.250. The van der Waals surface area contributed by atoms with Crippen LogP contribution in [0, 0.1) is 17.0 Å². The second-order valence-electron chi connectivity index (χ2n) is 6.76. The molecule has 11 nitrogen and oxygen atoms in total. The maximum atomic E-state index is 12.6. The summed E-state index contributed by atoms with van der Waals surface area (Å²) >= 11 is 0. The molecule has 0 saturated carbocycles. The lowest BCUT2D eigenvalue weighted by Gasteiger charge is -2.18. The van der Waals surface area contributed by atoms with Crippen LogP contribution in [0.2, 0.25) is 0 Å². The van der Waals surface area contributed by atoms with E-state index in [4.69, 9.17) is 0 Å². The first kappa shape index (κ1) is 23.0. The molecule has 2 heterocycles. The fourth-order valence-corrected chi connectivity index (χ4v) is 4.48. The minimum Gasteiger partial charge on any atom is -0.334 e. The Labute approximate surface area is 185 Å². The normalized spacial score (nSPS) is 11.4. The molecule has 0 unspecified atom stereocenters. The number of rotatable bonds is 9. The summed E-state index contributed by atoms with van der Waals surface area (Å²) in [5, 5.41) is 17.5. The predicted octanol–water partition coefficient (Wildman–Crippen LogP) is 3.61. The third-order valence-electron chi connectivity index (χ3n) is 4.63. The first-order valence-electron chi connectivity index (χ1n) is 9.82. The van der Waals surface area contributed by atoms with Gasteiger partial charge in [0, 0.05) is 25.0 Å². The third kappa shape index (κ3) is 4.98. The first-order valence-corrected chi connectivity index (χ1v) is 11.3. The van der Waals surface area contributed by atoms with Gasteiger partial charge in [-0.25, -0.2) is 23.4 Å². The summed E-state index contributed by atoms with van der Waals surface area (Å²) in [5.74, 6) is 0.342. The highest BCUT2D eigenvalue weighted by molar-refractivity contribution is 7.89. The van der Waals surface area contributed by atoms with Crippen molar-refractivity contribution in [2.45, 2.75) is 25.7 Å². The molecule has 0 radical (unpaired) electrons. The first-order chi connectivity index (χ1) is 15.3. The van der Waals surface area contributed by atoms with Crippen LogP contribution in [-0.4, -0.2) is 45.7 Å². The smallest absolute Gasteiger partial charge is 0.334 e. The molecule has 0 aliphatic rings. The van der Waals surface area contributed by atoms with Crippen LogP contribution in [0.1, 0.15) is 19.4 Å². The topological polar surface area (TPSA) is 143 Å². The van der Waals surface area contributed by atoms with Crippen LogP contribution in [-0.2, 0) is 10.0 Å². The molecule has 0 aliphatic carbocycles. The molecule has 0 bridgehead atoms. The Kier molecular flexibility index (Phi) is 6.95. The number of aromatic nitrogens is 3. The van der Waals surface area contributed by atoms with E-state index in [2.05, 4.69) is 25.6 Å². The zero-order valence-electron chi connectivity index (χ0n) is 17.8. The molecule has 3 rings (SSSR count). The zero-order valence-corrected chi connectivity index (χ0v) is 18.6. The lowest BCUT2D eigenvalue weighted by Crippen LogP contribution is -2.30. The molecule has 2 N–H and O–H groups in total. The van der Waals surface area contributed by atoms with E-state index < -0.39 is 14.9 Å². The van der Waals surface area contributed by atoms with Crippen molar-refractivity contribution in [3.05, 3.63) is 64.6 Å². The molecule has 168 valence electrons. The maximum Gasteiger partial charge on any atom is 0.353 e. The quantitative estimate of drug-likeness (QED) is 0.364. The van der Waals surface area contributed by atoms with Crippen molar-refractivity contribution >= 4 is 38.9 Å². The number of anilines is 4. The number of hydrogen-bond acceptors (Lipinski definition) is 9. The van der Waals surface area contributed by atoms with Crippen LogP contribution in [0.4, 0.5) is 28.8 Å². The van der Waals surface area contributed by atoms with Gasteiger partial charge in [-0.2, -0.15) is 4.31 Å². The van der Waals surface area contributed by atoms with Crippen molar-refractivity contribution in [1.29, 1.82) is 0 Å². The van der Waals surface area contributed by atoms with E-state index in [0.29, 0.717) is 24.6 Å². The SMILES string of the molecule is CCN(CC)S(=O)(=O)c1ccc(Nc2ncnc(Nc3cc(C)ccn3)c2[N+](=O)[O-])cc1. The van der Waals surface area contributed by atoms with E-state index in [1.54, 1.807) is 32.2 Å². The van der Waals surface area contributed by atoms with Crippen LogP contribution < -0.4 is 10.6 Å². The number of benzene rings is 1. The minimum absolute atomic E-state index is 0.0219. The Balaban J connectivity index is 1.90. The van der Waals surface area contributed by atoms with Crippen molar-refractivity contribution in [2.75, 3.05) is 23.7 Å². The minimum atomic E-state index is -3.60. The largest absolute Gasteiger partial charge is 0.353 e. The summed E-state index contributed by atoms with van der Waals surface area (Å²) in [5.41, 5.74) is 0.998. The van der Waals surface area contributed by atoms with Crippen LogP contribution in [0.15, 0.2) is 53.8 Å². The lowest BCUT2D eigenvalue weighted by atomic mass is 10.3. The van der Waals surface area contributed by atoms with Gasteiger partial charge in [0.2, 0.25) is 21.7 Å². The number of pyridine rings is 1. The number of nitro groups is 1. The van der Waals surface area contributed by atoms with E-state index in [0.717, 1.165) is 5.56 Å². The van der Waals surface area contributed by atoms with Gasteiger partial charge in [0.05, 0.1) is 9.82 Å². The summed E-state index contributed by atoms with van der Waals surface area (Å²) in [6, 6.07) is 9.47. The van der Waals surface area contributed by atoms with Gasteiger partial charge in [-0.1, -0.05) is 13.8 Å². The van der Waals surface area contributed by atoms with Gasteiger partial charge in [-0.05, 0) is 48.9 Å². The van der Waals surface area contributed by atoms with Gasteiger partial charge >= 0.3 is 5.69 Å². The summed E-state index contributed by atoms with van der Waals surface area (Å²) in [6.07, 6.45) is 2.77. The van der Waals surface area contributed by atoms with Crippen molar-refractivity contribution < 1.29 is 13.3 Å². The van der Waals surface area contributed by atoms with Gasteiger partial charge in [0.25, 0.3) is 0 Å². The number of nitrogens with zero attached hydrogens (tertiary/aromatic N) is 5. The molecular weight excluding hydrogens is 434 g/mol. The second kappa shape index (κ2) is 9.66. The molecule has 1 aromatic carbocycles. The Morgan fingerprint density at radius 3 is 2.19 bits per heavy atom. The van der Waals surface area contributed by atoms with E-state index >= 15 is 0 Å². The average Bonchev–Trinajstić information content (AvgIpc) is 2.75. The zero-order chi connectivity index (χ0) is 23.3. The fourth-order valence-electron chi connectivity index (χ4n) is 3.02. The number of sulfonamides is 1. The van der Waals surface area contributed by atoms with Crippen molar-refractivity contribution in [1.82, 2.24) is 19.3 Å². The number of nitrogens with one attached hydrogen (secondary N) is 2. The van der Waals surface area contributed by atoms with Gasteiger partial charge in [0.15, 0.2) is 0 Å². The Hall–Kier alpha value is -3.64. The molecule has 2 aromatic heterocycles. The van der Waals surface area contributed by atoms with Crippen molar-refractivity contribution in [3.63, 3.8) is 0 Å². The Morgan fingerprint density at radius 1 is 1.00 bits per heavy atom. The molecule has 0 atom stereocenters. The molecule has 12 heteroatoms. The third-order valence-corrected chi connectivity index (χ3v) is 6.69. The van der Waals surface area contributed by atoms with E-state index in [1.807, 2.05) is 6.92 Å². The highest BCUT2D eigenvalue weighted by Crippen LogP contribution is 2.33. The molecular formula is C20H23N7O4S. The Bertz CT molecular complexity index is 1210. The van der Waals surface area contributed by atoms with Crippen molar-refractivity contribution in [3.8, 4) is 0 Å². The molecule has 0 amide bonds. The standard InChI is InChI=1S/C20H23N7O4S/c1-4-26(5-2)32(30,31)16-8-6-15(7-9-16)24-19-18(27(28)29)20(23-13-22-19)25-17-12-14(3)10-11-21-17/h6-13H,4-5H2,1-3H3,(H2,21,22,23,24,25). The molecule has 0 spiro atoms. The summed E-state index contributed by atoms with van der Waals surface area (Å²) in [4.78, 5) is 23.4. The van der Waals surface area contributed by atoms with Gasteiger partial charge in [-0.15, -0.1) is 0 Å². The molecule has 3 aromatic rings. The lowest BCUT2D eigenvalue weighted by molar-refractivity contribution is -0.383. The van der Waals surface area contributed by atoms with Crippen molar-refractivity contribution in [2.24, 2.45) is 0 Å². The van der Waals surface area contributed by atoms with Crippen LogP contribution in [0.5, 0.6) is 0 Å². The van der Waals surface area contributed by atoms with Gasteiger partial charge in [0.1, 0.15) is 12.1 Å². The maximum absolute atomic E-state index is 12.6. The summed E-state index contributed by atoms with van der Waals surface area (Å²) in [7, 11) is -3.60.